The van der Waals surface area contributed by atoms with Crippen LogP contribution in [0.3, 0.4) is 0 Å². The first-order chi connectivity index (χ1) is 19.2. The van der Waals surface area contributed by atoms with Gasteiger partial charge in [-0.1, -0.05) is 66.7 Å². The van der Waals surface area contributed by atoms with Crippen molar-refractivity contribution in [2.45, 2.75) is 31.8 Å². The first kappa shape index (κ1) is 28.7. The third-order valence-electron chi connectivity index (χ3n) is 6.50. The Balaban J connectivity index is 1.75. The van der Waals surface area contributed by atoms with Crippen LogP contribution in [-0.4, -0.2) is 40.0 Å². The van der Waals surface area contributed by atoms with Gasteiger partial charge in [-0.15, -0.1) is 0 Å². The molecule has 4 rings (SSSR count). The van der Waals surface area contributed by atoms with Crippen molar-refractivity contribution >= 4 is 21.6 Å². The fraction of sp³-hybridized carbons (Fsp3) is 0.219. The van der Waals surface area contributed by atoms with Crippen molar-refractivity contribution in [1.29, 1.82) is 0 Å². The molecule has 0 N–H and O–H groups in total. The molecule has 0 bridgehead atoms. The second-order valence-electron chi connectivity index (χ2n) is 9.60. The molecule has 0 heterocycles. The zero-order valence-electron chi connectivity index (χ0n) is 23.2. The Hall–Kier alpha value is -4.30. The summed E-state index contributed by atoms with van der Waals surface area (Å²) in [6.07, 6.45) is 0. The van der Waals surface area contributed by atoms with Crippen molar-refractivity contribution < 1.29 is 22.7 Å². The van der Waals surface area contributed by atoms with E-state index in [1.807, 2.05) is 80.6 Å². The lowest BCUT2D eigenvalue weighted by molar-refractivity contribution is -0.130. The topological polar surface area (TPSA) is 76.2 Å². The van der Waals surface area contributed by atoms with Crippen molar-refractivity contribution in [2.24, 2.45) is 0 Å². The van der Waals surface area contributed by atoms with Crippen LogP contribution in [0.5, 0.6) is 11.5 Å². The number of sulfonamides is 1. The van der Waals surface area contributed by atoms with Gasteiger partial charge in [-0.25, -0.2) is 8.42 Å². The minimum atomic E-state index is -4.17. The number of carbonyl (C=O) groups is 1. The standard InChI is InChI=1S/C32H34N2O5S/c1-24-17-25(2)19-28(18-24)34(40(36,37)29-15-16-30(38-3)31(20-29)39-4)23-32(35)33(21-26-11-7-5-8-12-26)22-27-13-9-6-10-14-27/h5-20H,21-23H2,1-4H3. The second-order valence-corrected chi connectivity index (χ2v) is 11.5. The third kappa shape index (κ3) is 6.82. The first-order valence-corrected chi connectivity index (χ1v) is 14.3. The van der Waals surface area contributed by atoms with Gasteiger partial charge in [0.25, 0.3) is 10.0 Å². The number of amides is 1. The third-order valence-corrected chi connectivity index (χ3v) is 8.27. The molecular formula is C32H34N2O5S. The number of rotatable bonds is 11. The van der Waals surface area contributed by atoms with Crippen LogP contribution >= 0.6 is 0 Å². The minimum Gasteiger partial charge on any atom is -0.493 e. The van der Waals surface area contributed by atoms with Crippen LogP contribution in [0.25, 0.3) is 0 Å². The number of nitrogens with zero attached hydrogens (tertiary/aromatic N) is 2. The van der Waals surface area contributed by atoms with Gasteiger partial charge in [0.1, 0.15) is 6.54 Å². The van der Waals surface area contributed by atoms with Crippen molar-refractivity contribution in [2.75, 3.05) is 25.1 Å². The summed E-state index contributed by atoms with van der Waals surface area (Å²) in [7, 11) is -1.23. The summed E-state index contributed by atoms with van der Waals surface area (Å²) < 4.78 is 40.2. The summed E-state index contributed by atoms with van der Waals surface area (Å²) in [6, 6.07) is 29.3. The number of hydrogen-bond donors (Lipinski definition) is 0. The van der Waals surface area contributed by atoms with Gasteiger partial charge in [-0.3, -0.25) is 9.10 Å². The molecule has 0 saturated carbocycles. The van der Waals surface area contributed by atoms with Crippen LogP contribution in [0, 0.1) is 13.8 Å². The van der Waals surface area contributed by atoms with Gasteiger partial charge >= 0.3 is 0 Å². The monoisotopic (exact) mass is 558 g/mol. The Kier molecular flexibility index (Phi) is 9.11. The normalized spacial score (nSPS) is 11.1. The highest BCUT2D eigenvalue weighted by Crippen LogP contribution is 2.33. The molecule has 7 nitrogen and oxygen atoms in total. The van der Waals surface area contributed by atoms with Gasteiger partial charge < -0.3 is 14.4 Å². The van der Waals surface area contributed by atoms with E-state index in [2.05, 4.69) is 0 Å². The molecule has 8 heteroatoms. The van der Waals surface area contributed by atoms with Crippen LogP contribution in [0.15, 0.2) is 102 Å². The molecule has 0 aliphatic rings. The summed E-state index contributed by atoms with van der Waals surface area (Å²) in [5.41, 5.74) is 4.10. The molecule has 0 atom stereocenters. The van der Waals surface area contributed by atoms with Crippen LogP contribution in [-0.2, 0) is 27.9 Å². The average molecular weight is 559 g/mol. The van der Waals surface area contributed by atoms with Crippen LogP contribution in [0.4, 0.5) is 5.69 Å². The predicted molar refractivity (Wildman–Crippen MR) is 157 cm³/mol. The van der Waals surface area contributed by atoms with E-state index in [9.17, 15) is 13.2 Å². The van der Waals surface area contributed by atoms with Gasteiger partial charge in [0, 0.05) is 19.2 Å². The van der Waals surface area contributed by atoms with E-state index < -0.39 is 10.0 Å². The Morgan fingerprint density at radius 3 is 1.73 bits per heavy atom. The molecule has 40 heavy (non-hydrogen) atoms. The number of carbonyl (C=O) groups excluding carboxylic acids is 1. The van der Waals surface area contributed by atoms with Gasteiger partial charge in [0.05, 0.1) is 24.8 Å². The second kappa shape index (κ2) is 12.7. The van der Waals surface area contributed by atoms with E-state index in [0.29, 0.717) is 24.5 Å². The van der Waals surface area contributed by atoms with Crippen LogP contribution in [0.1, 0.15) is 22.3 Å². The Morgan fingerprint density at radius 2 is 1.23 bits per heavy atom. The van der Waals surface area contributed by atoms with Crippen molar-refractivity contribution in [3.63, 3.8) is 0 Å². The lowest BCUT2D eigenvalue weighted by Crippen LogP contribution is -2.42. The molecule has 0 fully saturated rings. The van der Waals surface area contributed by atoms with E-state index in [0.717, 1.165) is 22.3 Å². The smallest absolute Gasteiger partial charge is 0.264 e. The molecule has 0 radical (unpaired) electrons. The SMILES string of the molecule is COc1ccc(S(=O)(=O)N(CC(=O)N(Cc2ccccc2)Cc2ccccc2)c2cc(C)cc(C)c2)cc1OC. The summed E-state index contributed by atoms with van der Waals surface area (Å²) in [6.45, 7) is 4.10. The summed E-state index contributed by atoms with van der Waals surface area (Å²) >= 11 is 0. The highest BCUT2D eigenvalue weighted by molar-refractivity contribution is 7.92. The minimum absolute atomic E-state index is 0.00484. The highest BCUT2D eigenvalue weighted by Gasteiger charge is 2.30. The Morgan fingerprint density at radius 1 is 0.700 bits per heavy atom. The fourth-order valence-electron chi connectivity index (χ4n) is 4.58. The van der Waals surface area contributed by atoms with Crippen LogP contribution < -0.4 is 13.8 Å². The lowest BCUT2D eigenvalue weighted by Gasteiger charge is -2.29. The number of ether oxygens (including phenoxy) is 2. The average Bonchev–Trinajstić information content (AvgIpc) is 2.95. The molecule has 0 aromatic heterocycles. The Labute approximate surface area is 236 Å². The van der Waals surface area contributed by atoms with Gasteiger partial charge in [-0.2, -0.15) is 0 Å². The van der Waals surface area contributed by atoms with Gasteiger partial charge in [0.15, 0.2) is 11.5 Å². The number of anilines is 1. The molecule has 0 spiro atoms. The van der Waals surface area contributed by atoms with E-state index >= 15 is 0 Å². The molecule has 0 saturated heterocycles. The first-order valence-electron chi connectivity index (χ1n) is 12.9. The molecule has 4 aromatic rings. The summed E-state index contributed by atoms with van der Waals surface area (Å²) in [5.74, 6) is 0.369. The van der Waals surface area contributed by atoms with E-state index in [4.69, 9.17) is 9.47 Å². The molecule has 0 aliphatic carbocycles. The maximum Gasteiger partial charge on any atom is 0.264 e. The number of hydrogen-bond acceptors (Lipinski definition) is 5. The summed E-state index contributed by atoms with van der Waals surface area (Å²) in [4.78, 5) is 15.7. The number of aryl methyl sites for hydroxylation is 2. The zero-order valence-corrected chi connectivity index (χ0v) is 24.0. The molecule has 208 valence electrons. The zero-order chi connectivity index (χ0) is 28.7. The van der Waals surface area contributed by atoms with Gasteiger partial charge in [0.2, 0.25) is 5.91 Å². The fourth-order valence-corrected chi connectivity index (χ4v) is 5.99. The molecule has 0 aliphatic heterocycles. The summed E-state index contributed by atoms with van der Waals surface area (Å²) in [5, 5.41) is 0. The van der Waals surface area contributed by atoms with Gasteiger partial charge in [-0.05, 0) is 60.4 Å². The van der Waals surface area contributed by atoms with Crippen molar-refractivity contribution in [3.05, 3.63) is 119 Å². The molecular weight excluding hydrogens is 524 g/mol. The number of methoxy groups -OCH3 is 2. The maximum atomic E-state index is 14.2. The quantitative estimate of drug-likeness (QED) is 0.235. The maximum absolute atomic E-state index is 14.2. The molecule has 4 aromatic carbocycles. The van der Waals surface area contributed by atoms with Crippen molar-refractivity contribution in [3.8, 4) is 11.5 Å². The Bertz CT molecular complexity index is 1500. The largest absolute Gasteiger partial charge is 0.493 e. The van der Waals surface area contributed by atoms with E-state index in [1.54, 1.807) is 23.1 Å². The van der Waals surface area contributed by atoms with E-state index in [1.165, 1.54) is 30.7 Å². The molecule has 0 unspecified atom stereocenters. The van der Waals surface area contributed by atoms with Crippen molar-refractivity contribution in [1.82, 2.24) is 4.90 Å². The van der Waals surface area contributed by atoms with Crippen LogP contribution in [0.2, 0.25) is 0 Å². The lowest BCUT2D eigenvalue weighted by atomic mass is 10.1. The predicted octanol–water partition coefficient (Wildman–Crippen LogP) is 5.74. The number of benzene rings is 4. The highest BCUT2D eigenvalue weighted by atomic mass is 32.2. The molecule has 1 amide bonds. The van der Waals surface area contributed by atoms with E-state index in [-0.39, 0.29) is 23.1 Å².